The molecule has 2 rings (SSSR count). The SMILES string of the molecule is CCCCCCCCCCOc1ccc(C(=O)Oc2ccc(C/C(C(C)=O)=C(\C)O)cc2)cc1. The number of carbonyl (C=O) groups excluding carboxylic acids is 2. The van der Waals surface area contributed by atoms with E-state index in [2.05, 4.69) is 6.92 Å². The summed E-state index contributed by atoms with van der Waals surface area (Å²) in [5, 5.41) is 9.66. The highest BCUT2D eigenvalue weighted by molar-refractivity contribution is 5.94. The van der Waals surface area contributed by atoms with Gasteiger partial charge in [-0.2, -0.15) is 0 Å². The molecule has 0 atom stereocenters. The third-order valence-corrected chi connectivity index (χ3v) is 5.73. The summed E-state index contributed by atoms with van der Waals surface area (Å²) < 4.78 is 11.2. The van der Waals surface area contributed by atoms with Crippen molar-refractivity contribution in [3.8, 4) is 11.5 Å². The Balaban J connectivity index is 1.75. The number of allylic oxidation sites excluding steroid dienone is 2. The van der Waals surface area contributed by atoms with Crippen molar-refractivity contribution in [2.24, 2.45) is 0 Å². The normalized spacial score (nSPS) is 11.6. The average molecular weight is 467 g/mol. The summed E-state index contributed by atoms with van der Waals surface area (Å²) in [4.78, 5) is 24.1. The second-order valence-corrected chi connectivity index (χ2v) is 8.68. The van der Waals surface area contributed by atoms with Crippen LogP contribution in [0.25, 0.3) is 0 Å². The first kappa shape index (κ1) is 27.2. The summed E-state index contributed by atoms with van der Waals surface area (Å²) in [5.74, 6) is 0.571. The fraction of sp³-hybridized carbons (Fsp3) is 0.448. The van der Waals surface area contributed by atoms with Gasteiger partial charge in [-0.3, -0.25) is 4.79 Å². The Hall–Kier alpha value is -3.08. The second-order valence-electron chi connectivity index (χ2n) is 8.68. The van der Waals surface area contributed by atoms with Crippen molar-refractivity contribution in [3.05, 3.63) is 71.0 Å². The Morgan fingerprint density at radius 2 is 1.32 bits per heavy atom. The maximum Gasteiger partial charge on any atom is 0.343 e. The number of benzene rings is 2. The molecular formula is C29H38O5. The number of aliphatic hydroxyl groups is 1. The number of carbonyl (C=O) groups is 2. The lowest BCUT2D eigenvalue weighted by molar-refractivity contribution is -0.113. The minimum Gasteiger partial charge on any atom is -0.512 e. The monoisotopic (exact) mass is 466 g/mol. The fourth-order valence-electron chi connectivity index (χ4n) is 3.67. The smallest absolute Gasteiger partial charge is 0.343 e. The van der Waals surface area contributed by atoms with Crippen LogP contribution in [0.3, 0.4) is 0 Å². The molecule has 34 heavy (non-hydrogen) atoms. The molecule has 0 unspecified atom stereocenters. The molecule has 5 nitrogen and oxygen atoms in total. The second kappa shape index (κ2) is 14.9. The van der Waals surface area contributed by atoms with Crippen LogP contribution < -0.4 is 9.47 Å². The third-order valence-electron chi connectivity index (χ3n) is 5.73. The van der Waals surface area contributed by atoms with Gasteiger partial charge < -0.3 is 14.6 Å². The number of Topliss-reactive ketones (excluding diaryl/α,β-unsaturated/α-hetero) is 1. The van der Waals surface area contributed by atoms with Gasteiger partial charge in [0.25, 0.3) is 0 Å². The van der Waals surface area contributed by atoms with E-state index in [0.29, 0.717) is 29.9 Å². The number of aliphatic hydroxyl groups excluding tert-OH is 1. The Bertz CT molecular complexity index is 922. The van der Waals surface area contributed by atoms with E-state index < -0.39 is 5.97 Å². The van der Waals surface area contributed by atoms with Gasteiger partial charge in [0.15, 0.2) is 5.78 Å². The quantitative estimate of drug-likeness (QED) is 0.0974. The van der Waals surface area contributed by atoms with E-state index in [1.165, 1.54) is 58.8 Å². The highest BCUT2D eigenvalue weighted by atomic mass is 16.5. The van der Waals surface area contributed by atoms with Gasteiger partial charge in [0.2, 0.25) is 0 Å². The van der Waals surface area contributed by atoms with Crippen LogP contribution in [0, 0.1) is 0 Å². The van der Waals surface area contributed by atoms with Crippen molar-refractivity contribution in [2.75, 3.05) is 6.61 Å². The number of hydrogen-bond donors (Lipinski definition) is 1. The van der Waals surface area contributed by atoms with Gasteiger partial charge >= 0.3 is 5.97 Å². The van der Waals surface area contributed by atoms with Crippen LogP contribution >= 0.6 is 0 Å². The summed E-state index contributed by atoms with van der Waals surface area (Å²) >= 11 is 0. The lowest BCUT2D eigenvalue weighted by Crippen LogP contribution is -2.08. The van der Waals surface area contributed by atoms with Crippen LogP contribution in [0.2, 0.25) is 0 Å². The minimum absolute atomic E-state index is 0.0215. The molecule has 0 radical (unpaired) electrons. The maximum atomic E-state index is 12.4. The molecule has 0 fully saturated rings. The van der Waals surface area contributed by atoms with E-state index in [4.69, 9.17) is 9.47 Å². The standard InChI is InChI=1S/C29H38O5/c1-4-5-6-7-8-9-10-11-20-33-26-18-14-25(15-19-26)29(32)34-27-16-12-24(13-17-27)21-28(22(2)30)23(3)31/h12-19,30H,4-11,20-21H2,1-3H3/b28-22-. The first-order chi connectivity index (χ1) is 16.4. The molecule has 2 aromatic rings. The van der Waals surface area contributed by atoms with Gasteiger partial charge in [-0.25, -0.2) is 4.79 Å². The Morgan fingerprint density at radius 1 is 0.765 bits per heavy atom. The minimum atomic E-state index is -0.446. The van der Waals surface area contributed by atoms with Gasteiger partial charge in [0.05, 0.1) is 17.9 Å². The van der Waals surface area contributed by atoms with Crippen LogP contribution in [-0.4, -0.2) is 23.5 Å². The Labute approximate surface area is 203 Å². The van der Waals surface area contributed by atoms with Crippen molar-refractivity contribution in [1.82, 2.24) is 0 Å². The Morgan fingerprint density at radius 3 is 1.88 bits per heavy atom. The first-order valence-corrected chi connectivity index (χ1v) is 12.3. The number of rotatable bonds is 15. The van der Waals surface area contributed by atoms with Gasteiger partial charge in [-0.15, -0.1) is 0 Å². The van der Waals surface area contributed by atoms with Crippen LogP contribution in [0.5, 0.6) is 11.5 Å². The number of ketones is 1. The van der Waals surface area contributed by atoms with Crippen LogP contribution in [-0.2, 0) is 11.2 Å². The molecule has 0 spiro atoms. The van der Waals surface area contributed by atoms with Crippen LogP contribution in [0.4, 0.5) is 0 Å². The van der Waals surface area contributed by atoms with E-state index in [1.54, 1.807) is 48.5 Å². The summed E-state index contributed by atoms with van der Waals surface area (Å²) in [7, 11) is 0. The van der Waals surface area contributed by atoms with Crippen molar-refractivity contribution >= 4 is 11.8 Å². The van der Waals surface area contributed by atoms with Gasteiger partial charge in [0, 0.05) is 12.0 Å². The predicted molar refractivity (Wildman–Crippen MR) is 136 cm³/mol. The van der Waals surface area contributed by atoms with Gasteiger partial charge in [0.1, 0.15) is 11.5 Å². The highest BCUT2D eigenvalue weighted by Gasteiger charge is 2.11. The van der Waals surface area contributed by atoms with E-state index in [-0.39, 0.29) is 11.5 Å². The summed E-state index contributed by atoms with van der Waals surface area (Å²) in [5.41, 5.74) is 1.66. The number of hydrogen-bond acceptors (Lipinski definition) is 5. The predicted octanol–water partition coefficient (Wildman–Crippen LogP) is 7.39. The van der Waals surface area contributed by atoms with Crippen LogP contribution in [0.15, 0.2) is 59.9 Å². The molecule has 2 aromatic carbocycles. The van der Waals surface area contributed by atoms with E-state index in [0.717, 1.165) is 17.7 Å². The molecule has 5 heteroatoms. The molecule has 0 saturated heterocycles. The molecule has 0 aromatic heterocycles. The third kappa shape index (κ3) is 9.82. The topological polar surface area (TPSA) is 72.8 Å². The molecule has 0 aliphatic carbocycles. The van der Waals surface area contributed by atoms with Crippen molar-refractivity contribution in [3.63, 3.8) is 0 Å². The highest BCUT2D eigenvalue weighted by Crippen LogP contribution is 2.19. The summed E-state index contributed by atoms with van der Waals surface area (Å²) in [6.45, 7) is 5.85. The van der Waals surface area contributed by atoms with Gasteiger partial charge in [-0.1, -0.05) is 64.0 Å². The molecule has 0 aliphatic heterocycles. The fourth-order valence-corrected chi connectivity index (χ4v) is 3.67. The summed E-state index contributed by atoms with van der Waals surface area (Å²) in [6.07, 6.45) is 10.4. The van der Waals surface area contributed by atoms with E-state index >= 15 is 0 Å². The van der Waals surface area contributed by atoms with Crippen molar-refractivity contribution < 1.29 is 24.2 Å². The molecule has 0 saturated carbocycles. The number of esters is 1. The zero-order chi connectivity index (χ0) is 24.8. The number of ether oxygens (including phenoxy) is 2. The molecule has 0 bridgehead atoms. The maximum absolute atomic E-state index is 12.4. The molecule has 184 valence electrons. The van der Waals surface area contributed by atoms with Crippen LogP contribution in [0.1, 0.15) is 88.1 Å². The Kier molecular flexibility index (Phi) is 11.9. The van der Waals surface area contributed by atoms with Gasteiger partial charge in [-0.05, 0) is 62.2 Å². The zero-order valence-electron chi connectivity index (χ0n) is 20.8. The lowest BCUT2D eigenvalue weighted by Gasteiger charge is -2.09. The average Bonchev–Trinajstić information content (AvgIpc) is 2.82. The van der Waals surface area contributed by atoms with Crippen molar-refractivity contribution in [2.45, 2.75) is 78.6 Å². The molecule has 0 aliphatic rings. The molecule has 0 amide bonds. The molecule has 0 heterocycles. The first-order valence-electron chi connectivity index (χ1n) is 12.3. The molecular weight excluding hydrogens is 428 g/mol. The van der Waals surface area contributed by atoms with E-state index in [9.17, 15) is 14.7 Å². The largest absolute Gasteiger partial charge is 0.512 e. The zero-order valence-corrected chi connectivity index (χ0v) is 20.8. The lowest BCUT2D eigenvalue weighted by atomic mass is 10.0. The number of unbranched alkanes of at least 4 members (excludes halogenated alkanes) is 7. The van der Waals surface area contributed by atoms with E-state index in [1.807, 2.05) is 0 Å². The van der Waals surface area contributed by atoms with Crippen molar-refractivity contribution in [1.29, 1.82) is 0 Å². The summed E-state index contributed by atoms with van der Waals surface area (Å²) in [6, 6.07) is 13.9. The molecule has 1 N–H and O–H groups in total.